The van der Waals surface area contributed by atoms with Gasteiger partial charge in [0.25, 0.3) is 0 Å². The molecule has 2 aromatic rings. The second-order valence-electron chi connectivity index (χ2n) is 3.31. The number of nitrogen functional groups attached to an aromatic ring is 1. The van der Waals surface area contributed by atoms with Crippen LogP contribution in [-0.2, 0) is 6.42 Å². The van der Waals surface area contributed by atoms with Gasteiger partial charge in [-0.15, -0.1) is 0 Å². The first-order valence-corrected chi connectivity index (χ1v) is 5.27. The lowest BCUT2D eigenvalue weighted by atomic mass is 10.2. The maximum absolute atomic E-state index is 5.90. The molecule has 1 heterocycles. The number of rotatable bonds is 4. The van der Waals surface area contributed by atoms with Gasteiger partial charge in [-0.2, -0.15) is 5.10 Å². The first-order chi connectivity index (χ1) is 7.77. The maximum Gasteiger partial charge on any atom is 0.137 e. The molecule has 0 aliphatic carbocycles. The summed E-state index contributed by atoms with van der Waals surface area (Å²) in [6, 6.07) is 5.51. The molecule has 0 spiro atoms. The van der Waals surface area contributed by atoms with Crippen molar-refractivity contribution in [2.45, 2.75) is 6.42 Å². The Morgan fingerprint density at radius 3 is 3.06 bits per heavy atom. The van der Waals surface area contributed by atoms with Crippen molar-refractivity contribution in [1.29, 1.82) is 0 Å². The van der Waals surface area contributed by atoms with E-state index in [1.807, 2.05) is 12.1 Å². The van der Waals surface area contributed by atoms with Crippen molar-refractivity contribution in [3.05, 3.63) is 35.4 Å². The smallest absolute Gasteiger partial charge is 0.137 e. The molecule has 2 rings (SSSR count). The zero-order chi connectivity index (χ0) is 11.4. The largest absolute Gasteiger partial charge is 0.396 e. The summed E-state index contributed by atoms with van der Waals surface area (Å²) in [4.78, 5) is 4.02. The Bertz CT molecular complexity index is 454. The molecule has 0 fully saturated rings. The number of halogens is 1. The molecule has 0 saturated heterocycles. The normalized spacial score (nSPS) is 10.3. The number of nitrogens with one attached hydrogen (secondary N) is 2. The summed E-state index contributed by atoms with van der Waals surface area (Å²) in [5.41, 5.74) is 7.22. The van der Waals surface area contributed by atoms with Gasteiger partial charge in [-0.1, -0.05) is 17.7 Å². The van der Waals surface area contributed by atoms with Gasteiger partial charge in [0.05, 0.1) is 16.4 Å². The Hall–Kier alpha value is -1.75. The van der Waals surface area contributed by atoms with Crippen molar-refractivity contribution in [3.8, 4) is 0 Å². The summed E-state index contributed by atoms with van der Waals surface area (Å²) in [5, 5.41) is 10.3. The van der Waals surface area contributed by atoms with E-state index in [0.717, 1.165) is 24.5 Å². The lowest BCUT2D eigenvalue weighted by molar-refractivity contribution is 0.901. The van der Waals surface area contributed by atoms with Crippen molar-refractivity contribution < 1.29 is 0 Å². The van der Waals surface area contributed by atoms with E-state index >= 15 is 0 Å². The van der Waals surface area contributed by atoms with Gasteiger partial charge in [-0.3, -0.25) is 5.10 Å². The van der Waals surface area contributed by atoms with E-state index in [9.17, 15) is 0 Å². The highest BCUT2D eigenvalue weighted by molar-refractivity contribution is 6.33. The molecule has 0 bridgehead atoms. The van der Waals surface area contributed by atoms with Crippen molar-refractivity contribution >= 4 is 23.0 Å². The van der Waals surface area contributed by atoms with Crippen LogP contribution >= 0.6 is 11.6 Å². The number of H-pyrrole nitrogens is 1. The third kappa shape index (κ3) is 2.43. The van der Waals surface area contributed by atoms with E-state index < -0.39 is 0 Å². The first kappa shape index (κ1) is 10.8. The molecule has 4 N–H and O–H groups in total. The fourth-order valence-corrected chi connectivity index (χ4v) is 1.53. The molecule has 1 aromatic heterocycles. The maximum atomic E-state index is 5.90. The number of nitrogens with two attached hydrogens (primary N) is 1. The summed E-state index contributed by atoms with van der Waals surface area (Å²) >= 11 is 5.90. The average molecular weight is 238 g/mol. The van der Waals surface area contributed by atoms with Gasteiger partial charge in [-0.05, 0) is 12.1 Å². The van der Waals surface area contributed by atoms with Gasteiger partial charge in [-0.25, -0.2) is 4.98 Å². The SMILES string of the molecule is Nc1c(Cl)cccc1NCCc1ncn[nH]1. The van der Waals surface area contributed by atoms with E-state index in [-0.39, 0.29) is 0 Å². The van der Waals surface area contributed by atoms with Crippen molar-refractivity contribution in [3.63, 3.8) is 0 Å². The Balaban J connectivity index is 1.92. The molecular weight excluding hydrogens is 226 g/mol. The van der Waals surface area contributed by atoms with E-state index in [0.29, 0.717) is 10.7 Å². The zero-order valence-corrected chi connectivity index (χ0v) is 9.33. The fourth-order valence-electron chi connectivity index (χ4n) is 1.36. The van der Waals surface area contributed by atoms with Crippen LogP contribution in [0.5, 0.6) is 0 Å². The predicted octanol–water partition coefficient (Wildman–Crippen LogP) is 1.69. The Kier molecular flexibility index (Phi) is 3.26. The summed E-state index contributed by atoms with van der Waals surface area (Å²) in [7, 11) is 0. The third-order valence-electron chi connectivity index (χ3n) is 2.20. The highest BCUT2D eigenvalue weighted by Gasteiger charge is 2.02. The lowest BCUT2D eigenvalue weighted by Gasteiger charge is -2.09. The van der Waals surface area contributed by atoms with Gasteiger partial charge >= 0.3 is 0 Å². The predicted molar refractivity (Wildman–Crippen MR) is 64.4 cm³/mol. The Labute approximate surface area is 98.0 Å². The van der Waals surface area contributed by atoms with Gasteiger partial charge in [0.1, 0.15) is 12.2 Å². The molecule has 0 aliphatic heterocycles. The summed E-state index contributed by atoms with van der Waals surface area (Å²) in [6.45, 7) is 0.722. The number of hydrogen-bond donors (Lipinski definition) is 3. The lowest BCUT2D eigenvalue weighted by Crippen LogP contribution is -2.07. The standard InChI is InChI=1S/C10H12ClN5/c11-7-2-1-3-8(10(7)12)13-5-4-9-14-6-15-16-9/h1-3,6,13H,4-5,12H2,(H,14,15,16). The molecule has 84 valence electrons. The van der Waals surface area contributed by atoms with Gasteiger partial charge < -0.3 is 11.1 Å². The second kappa shape index (κ2) is 4.85. The zero-order valence-electron chi connectivity index (χ0n) is 8.57. The molecule has 0 atom stereocenters. The molecule has 0 aliphatic rings. The Morgan fingerprint density at radius 2 is 2.31 bits per heavy atom. The molecular formula is C10H12ClN5. The topological polar surface area (TPSA) is 79.6 Å². The van der Waals surface area contributed by atoms with E-state index in [1.54, 1.807) is 6.07 Å². The molecule has 0 unspecified atom stereocenters. The number of nitrogens with zero attached hydrogens (tertiary/aromatic N) is 2. The van der Waals surface area contributed by atoms with Crippen LogP contribution in [0, 0.1) is 0 Å². The average Bonchev–Trinajstić information content (AvgIpc) is 2.77. The molecule has 6 heteroatoms. The van der Waals surface area contributed by atoms with E-state index in [1.165, 1.54) is 6.33 Å². The van der Waals surface area contributed by atoms with Crippen LogP contribution in [0.1, 0.15) is 5.82 Å². The van der Waals surface area contributed by atoms with Crippen LogP contribution in [0.4, 0.5) is 11.4 Å². The Morgan fingerprint density at radius 1 is 1.44 bits per heavy atom. The summed E-state index contributed by atoms with van der Waals surface area (Å²) < 4.78 is 0. The summed E-state index contributed by atoms with van der Waals surface area (Å²) in [6.07, 6.45) is 2.25. The number of hydrogen-bond acceptors (Lipinski definition) is 4. The molecule has 5 nitrogen and oxygen atoms in total. The number of para-hydroxylation sites is 1. The number of aromatic nitrogens is 3. The second-order valence-corrected chi connectivity index (χ2v) is 3.72. The quantitative estimate of drug-likeness (QED) is 0.707. The molecule has 1 aromatic carbocycles. The number of benzene rings is 1. The van der Waals surface area contributed by atoms with Crippen LogP contribution in [-0.4, -0.2) is 21.7 Å². The van der Waals surface area contributed by atoms with Crippen molar-refractivity contribution in [2.75, 3.05) is 17.6 Å². The van der Waals surface area contributed by atoms with Crippen LogP contribution in [0.15, 0.2) is 24.5 Å². The highest BCUT2D eigenvalue weighted by atomic mass is 35.5. The monoisotopic (exact) mass is 237 g/mol. The van der Waals surface area contributed by atoms with E-state index in [4.69, 9.17) is 17.3 Å². The van der Waals surface area contributed by atoms with Crippen LogP contribution in [0.3, 0.4) is 0 Å². The van der Waals surface area contributed by atoms with Gasteiger partial charge in [0.15, 0.2) is 0 Å². The minimum absolute atomic E-state index is 0.560. The van der Waals surface area contributed by atoms with E-state index in [2.05, 4.69) is 20.5 Å². The third-order valence-corrected chi connectivity index (χ3v) is 2.52. The highest BCUT2D eigenvalue weighted by Crippen LogP contribution is 2.26. The van der Waals surface area contributed by atoms with Crippen LogP contribution < -0.4 is 11.1 Å². The minimum atomic E-state index is 0.560. The molecule has 0 amide bonds. The summed E-state index contributed by atoms with van der Waals surface area (Å²) in [5.74, 6) is 0.841. The fraction of sp³-hybridized carbons (Fsp3) is 0.200. The first-order valence-electron chi connectivity index (χ1n) is 4.89. The number of aromatic amines is 1. The van der Waals surface area contributed by atoms with Crippen LogP contribution in [0.25, 0.3) is 0 Å². The van der Waals surface area contributed by atoms with Crippen molar-refractivity contribution in [2.24, 2.45) is 0 Å². The van der Waals surface area contributed by atoms with Crippen LogP contribution in [0.2, 0.25) is 5.02 Å². The molecule has 0 saturated carbocycles. The minimum Gasteiger partial charge on any atom is -0.396 e. The van der Waals surface area contributed by atoms with Crippen molar-refractivity contribution in [1.82, 2.24) is 15.2 Å². The van der Waals surface area contributed by atoms with Gasteiger partial charge in [0, 0.05) is 13.0 Å². The number of anilines is 2. The van der Waals surface area contributed by atoms with Gasteiger partial charge in [0.2, 0.25) is 0 Å². The molecule has 16 heavy (non-hydrogen) atoms. The molecule has 0 radical (unpaired) electrons.